The first-order valence-electron chi connectivity index (χ1n) is 8.49. The van der Waals surface area contributed by atoms with Crippen LogP contribution in [-0.4, -0.2) is 61.7 Å². The Bertz CT molecular complexity index is 658. The number of carbonyl (C=O) groups excluding carboxylic acids is 2. The third-order valence-corrected chi connectivity index (χ3v) is 4.09. The van der Waals surface area contributed by atoms with Crippen molar-refractivity contribution in [3.05, 3.63) is 33.9 Å². The molecule has 0 saturated carbocycles. The third-order valence-electron chi connectivity index (χ3n) is 4.09. The van der Waals surface area contributed by atoms with Crippen LogP contribution >= 0.6 is 0 Å². The van der Waals surface area contributed by atoms with E-state index in [1.165, 1.54) is 19.2 Å². The number of carbonyl (C=O) groups is 2. The molecule has 1 aromatic carbocycles. The summed E-state index contributed by atoms with van der Waals surface area (Å²) in [5.74, 6) is -1.01. The van der Waals surface area contributed by atoms with Crippen molar-refractivity contribution in [1.82, 2.24) is 4.90 Å². The molecule has 9 nitrogen and oxygen atoms in total. The number of benzene rings is 1. The maximum absolute atomic E-state index is 12.1. The molecule has 142 valence electrons. The van der Waals surface area contributed by atoms with Gasteiger partial charge in [0.05, 0.1) is 17.1 Å². The lowest BCUT2D eigenvalue weighted by molar-refractivity contribution is -0.384. The van der Waals surface area contributed by atoms with E-state index in [9.17, 15) is 19.7 Å². The van der Waals surface area contributed by atoms with Crippen LogP contribution in [0.2, 0.25) is 0 Å². The van der Waals surface area contributed by atoms with Crippen LogP contribution < -0.4 is 5.32 Å². The van der Waals surface area contributed by atoms with E-state index in [4.69, 9.17) is 9.47 Å². The molecule has 1 heterocycles. The van der Waals surface area contributed by atoms with Crippen molar-refractivity contribution in [2.24, 2.45) is 0 Å². The summed E-state index contributed by atoms with van der Waals surface area (Å²) in [4.78, 5) is 36.5. The lowest BCUT2D eigenvalue weighted by Crippen LogP contribution is -2.38. The molecular weight excluding hydrogens is 342 g/mol. The second kappa shape index (κ2) is 9.71. The van der Waals surface area contributed by atoms with Gasteiger partial charge in [-0.25, -0.2) is 4.79 Å². The Hall–Kier alpha value is -2.68. The van der Waals surface area contributed by atoms with Gasteiger partial charge in [0, 0.05) is 32.8 Å². The van der Waals surface area contributed by atoms with Crippen molar-refractivity contribution >= 4 is 23.3 Å². The summed E-state index contributed by atoms with van der Waals surface area (Å²) in [6.45, 7) is 1.76. The summed E-state index contributed by atoms with van der Waals surface area (Å²) in [5, 5.41) is 14.1. The summed E-state index contributed by atoms with van der Waals surface area (Å²) < 4.78 is 9.91. The van der Waals surface area contributed by atoms with Crippen LogP contribution in [0, 0.1) is 10.1 Å². The predicted octanol–water partition coefficient (Wildman–Crippen LogP) is 1.82. The second-order valence-corrected chi connectivity index (χ2v) is 5.93. The molecule has 1 amide bonds. The number of hydrogen-bond donors (Lipinski definition) is 1. The summed E-state index contributed by atoms with van der Waals surface area (Å²) >= 11 is 0. The van der Waals surface area contributed by atoms with Crippen LogP contribution in [0.4, 0.5) is 11.4 Å². The van der Waals surface area contributed by atoms with Gasteiger partial charge in [0.15, 0.2) is 6.61 Å². The van der Waals surface area contributed by atoms with Crippen LogP contribution in [-0.2, 0) is 14.3 Å². The molecule has 1 fully saturated rings. The monoisotopic (exact) mass is 365 g/mol. The van der Waals surface area contributed by atoms with Crippen molar-refractivity contribution in [1.29, 1.82) is 0 Å². The molecule has 1 saturated heterocycles. The maximum atomic E-state index is 12.1. The number of piperidine rings is 1. The fraction of sp³-hybridized carbons (Fsp3) is 0.529. The molecule has 0 unspecified atom stereocenters. The van der Waals surface area contributed by atoms with E-state index in [2.05, 4.69) is 5.32 Å². The molecule has 9 heteroatoms. The normalized spacial score (nSPS) is 14.0. The van der Waals surface area contributed by atoms with Crippen molar-refractivity contribution in [2.45, 2.75) is 19.3 Å². The summed E-state index contributed by atoms with van der Waals surface area (Å²) in [5.41, 5.74) is 0.0753. The number of nitro groups is 1. The van der Waals surface area contributed by atoms with Gasteiger partial charge in [-0.2, -0.15) is 0 Å². The fourth-order valence-electron chi connectivity index (χ4n) is 2.69. The van der Waals surface area contributed by atoms with E-state index < -0.39 is 10.9 Å². The summed E-state index contributed by atoms with van der Waals surface area (Å²) in [7, 11) is 1.53. The van der Waals surface area contributed by atoms with Crippen molar-refractivity contribution in [3.8, 4) is 0 Å². The van der Waals surface area contributed by atoms with Crippen molar-refractivity contribution in [3.63, 3.8) is 0 Å². The molecule has 0 atom stereocenters. The third kappa shape index (κ3) is 5.41. The van der Waals surface area contributed by atoms with E-state index >= 15 is 0 Å². The van der Waals surface area contributed by atoms with Crippen LogP contribution in [0.5, 0.6) is 0 Å². The van der Waals surface area contributed by atoms with Gasteiger partial charge in [0.1, 0.15) is 5.69 Å². The molecule has 2 rings (SSSR count). The number of rotatable bonds is 8. The molecule has 0 aromatic heterocycles. The van der Waals surface area contributed by atoms with Gasteiger partial charge < -0.3 is 19.7 Å². The first kappa shape index (κ1) is 19.6. The Morgan fingerprint density at radius 3 is 2.65 bits per heavy atom. The molecule has 0 spiro atoms. The standard InChI is InChI=1S/C17H23N3O6/c1-25-10-7-18-14-6-5-13(11-15(14)20(23)24)17(22)26-12-16(21)19-8-3-2-4-9-19/h5-6,11,18H,2-4,7-10,12H2,1H3. The average Bonchev–Trinajstić information content (AvgIpc) is 2.66. The first-order valence-corrected chi connectivity index (χ1v) is 8.49. The molecule has 1 aliphatic rings. The van der Waals surface area contributed by atoms with Gasteiger partial charge in [-0.05, 0) is 31.4 Å². The van der Waals surface area contributed by atoms with Crippen LogP contribution in [0.15, 0.2) is 18.2 Å². The van der Waals surface area contributed by atoms with E-state index in [0.29, 0.717) is 26.2 Å². The first-order chi connectivity index (χ1) is 12.5. The van der Waals surface area contributed by atoms with E-state index in [0.717, 1.165) is 25.3 Å². The number of anilines is 1. The van der Waals surface area contributed by atoms with Crippen LogP contribution in [0.1, 0.15) is 29.6 Å². The molecule has 1 N–H and O–H groups in total. The Morgan fingerprint density at radius 2 is 2.00 bits per heavy atom. The van der Waals surface area contributed by atoms with Crippen molar-refractivity contribution < 1.29 is 24.0 Å². The molecular formula is C17H23N3O6. The van der Waals surface area contributed by atoms with Gasteiger partial charge >= 0.3 is 5.97 Å². The minimum Gasteiger partial charge on any atom is -0.452 e. The number of methoxy groups -OCH3 is 1. The number of hydrogen-bond acceptors (Lipinski definition) is 7. The molecule has 0 aliphatic carbocycles. The quantitative estimate of drug-likeness (QED) is 0.324. The highest BCUT2D eigenvalue weighted by atomic mass is 16.6. The van der Waals surface area contributed by atoms with Crippen LogP contribution in [0.3, 0.4) is 0 Å². The van der Waals surface area contributed by atoms with Gasteiger partial charge in [0.25, 0.3) is 11.6 Å². The number of amides is 1. The molecule has 0 bridgehead atoms. The SMILES string of the molecule is COCCNc1ccc(C(=O)OCC(=O)N2CCCCC2)cc1[N+](=O)[O-]. The van der Waals surface area contributed by atoms with Gasteiger partial charge in [0.2, 0.25) is 0 Å². The largest absolute Gasteiger partial charge is 0.452 e. The van der Waals surface area contributed by atoms with E-state index in [-0.39, 0.29) is 29.5 Å². The highest BCUT2D eigenvalue weighted by molar-refractivity contribution is 5.93. The topological polar surface area (TPSA) is 111 Å². The Balaban J connectivity index is 1.98. The molecule has 0 radical (unpaired) electrons. The van der Waals surface area contributed by atoms with E-state index in [1.54, 1.807) is 4.90 Å². The zero-order valence-corrected chi connectivity index (χ0v) is 14.7. The maximum Gasteiger partial charge on any atom is 0.338 e. The minimum absolute atomic E-state index is 0.0282. The lowest BCUT2D eigenvalue weighted by Gasteiger charge is -2.26. The molecule has 1 aliphatic heterocycles. The zero-order chi connectivity index (χ0) is 18.9. The smallest absolute Gasteiger partial charge is 0.338 e. The lowest BCUT2D eigenvalue weighted by atomic mass is 10.1. The number of ether oxygens (including phenoxy) is 2. The van der Waals surface area contributed by atoms with Gasteiger partial charge in [-0.3, -0.25) is 14.9 Å². The van der Waals surface area contributed by atoms with Crippen LogP contribution in [0.25, 0.3) is 0 Å². The zero-order valence-electron chi connectivity index (χ0n) is 14.7. The highest BCUT2D eigenvalue weighted by Gasteiger charge is 2.21. The molecule has 1 aromatic rings. The highest BCUT2D eigenvalue weighted by Crippen LogP contribution is 2.25. The van der Waals surface area contributed by atoms with Gasteiger partial charge in [-0.1, -0.05) is 0 Å². The second-order valence-electron chi connectivity index (χ2n) is 5.93. The number of nitrogens with one attached hydrogen (secondary N) is 1. The minimum atomic E-state index is -0.762. The average molecular weight is 365 g/mol. The Labute approximate surface area is 151 Å². The Kier molecular flexibility index (Phi) is 7.34. The summed E-state index contributed by atoms with van der Waals surface area (Å²) in [6.07, 6.45) is 2.99. The van der Waals surface area contributed by atoms with E-state index in [1.807, 2.05) is 0 Å². The number of esters is 1. The number of likely N-dealkylation sites (tertiary alicyclic amines) is 1. The fourth-order valence-corrected chi connectivity index (χ4v) is 2.69. The predicted molar refractivity (Wildman–Crippen MR) is 94.2 cm³/mol. The number of nitro benzene ring substituents is 1. The molecule has 26 heavy (non-hydrogen) atoms. The number of nitrogens with zero attached hydrogens (tertiary/aromatic N) is 2. The Morgan fingerprint density at radius 1 is 1.27 bits per heavy atom. The van der Waals surface area contributed by atoms with Crippen molar-refractivity contribution in [2.75, 3.05) is 45.3 Å². The van der Waals surface area contributed by atoms with Gasteiger partial charge in [-0.15, -0.1) is 0 Å². The summed E-state index contributed by atoms with van der Waals surface area (Å²) in [6, 6.07) is 4.01.